The fourth-order valence-corrected chi connectivity index (χ4v) is 5.23. The number of hydrogen-bond acceptors (Lipinski definition) is 9. The maximum absolute atomic E-state index is 12.5. The Hall–Kier alpha value is -3.73. The molecule has 1 atom stereocenters. The molecule has 0 aliphatic carbocycles. The molecule has 0 radical (unpaired) electrons. The van der Waals surface area contributed by atoms with Crippen LogP contribution in [0, 0.1) is 5.92 Å². The largest absolute Gasteiger partial charge is 0.402 e. The third-order valence-electron chi connectivity index (χ3n) is 6.67. The molecule has 1 aromatic heterocycles. The van der Waals surface area contributed by atoms with Crippen molar-refractivity contribution >= 4 is 22.4 Å². The lowest BCUT2D eigenvalue weighted by molar-refractivity contribution is -0.119. The van der Waals surface area contributed by atoms with Gasteiger partial charge in [-0.2, -0.15) is 0 Å². The Morgan fingerprint density at radius 2 is 1.74 bits per heavy atom. The molecule has 1 amide bonds. The van der Waals surface area contributed by atoms with Gasteiger partial charge < -0.3 is 32.2 Å². The van der Waals surface area contributed by atoms with Crippen molar-refractivity contribution in [2.45, 2.75) is 65.0 Å². The first kappa shape index (κ1) is 33.8. The van der Waals surface area contributed by atoms with Crippen LogP contribution in [0.3, 0.4) is 0 Å². The molecule has 0 fully saturated rings. The number of methoxy groups -OCH3 is 1. The highest BCUT2D eigenvalue weighted by Crippen LogP contribution is 2.20. The molecule has 0 aliphatic rings. The first-order chi connectivity index (χ1) is 20.8. The summed E-state index contributed by atoms with van der Waals surface area (Å²) in [6, 6.07) is 18.3. The van der Waals surface area contributed by atoms with Gasteiger partial charge in [-0.25, -0.2) is 0 Å². The minimum absolute atomic E-state index is 0.154. The van der Waals surface area contributed by atoms with Crippen LogP contribution in [0.1, 0.15) is 54.8 Å². The summed E-state index contributed by atoms with van der Waals surface area (Å²) in [6.45, 7) is 6.31. The molecule has 43 heavy (non-hydrogen) atoms. The topological polar surface area (TPSA) is 140 Å². The van der Waals surface area contributed by atoms with E-state index in [2.05, 4.69) is 64.3 Å². The van der Waals surface area contributed by atoms with Crippen molar-refractivity contribution in [3.05, 3.63) is 100.0 Å². The van der Waals surface area contributed by atoms with Crippen LogP contribution in [0.25, 0.3) is 0 Å². The second kappa shape index (κ2) is 18.7. The maximum Gasteiger partial charge on any atom is 0.229 e. The van der Waals surface area contributed by atoms with E-state index in [1.54, 1.807) is 30.6 Å². The summed E-state index contributed by atoms with van der Waals surface area (Å²) in [5.41, 5.74) is 16.3. The molecule has 0 bridgehead atoms. The Bertz CT molecular complexity index is 1310. The van der Waals surface area contributed by atoms with Crippen LogP contribution in [0.5, 0.6) is 0 Å². The molecule has 10 heteroatoms. The lowest BCUT2D eigenvalue weighted by atomic mass is 10.1. The zero-order chi connectivity index (χ0) is 30.9. The molecule has 0 saturated carbocycles. The highest BCUT2D eigenvalue weighted by atomic mass is 32.1. The lowest BCUT2D eigenvalue weighted by Gasteiger charge is -2.16. The SMILES string of the molecule is COC(Cc1ccccc1)Nc1nnc(CCCC/C(N)=C/C=C(\N)NC(=O)Cc2cccc(CCNCC(C)C)c2)s1. The van der Waals surface area contributed by atoms with E-state index in [0.29, 0.717) is 11.6 Å². The second-order valence-corrected chi connectivity index (χ2v) is 12.1. The van der Waals surface area contributed by atoms with Crippen molar-refractivity contribution in [2.24, 2.45) is 17.4 Å². The van der Waals surface area contributed by atoms with Crippen molar-refractivity contribution in [1.29, 1.82) is 0 Å². The Morgan fingerprint density at radius 1 is 0.977 bits per heavy atom. The predicted molar refractivity (Wildman–Crippen MR) is 176 cm³/mol. The van der Waals surface area contributed by atoms with Crippen LogP contribution in [-0.2, 0) is 35.2 Å². The number of hydrogen-bond donors (Lipinski definition) is 5. The molecule has 232 valence electrons. The number of nitrogens with zero attached hydrogens (tertiary/aromatic N) is 2. The molecule has 0 aliphatic heterocycles. The zero-order valence-electron chi connectivity index (χ0n) is 25.6. The van der Waals surface area contributed by atoms with Crippen LogP contribution in [0.4, 0.5) is 5.13 Å². The number of aryl methyl sites for hydroxylation is 1. The predicted octanol–water partition coefficient (Wildman–Crippen LogP) is 4.67. The standard InChI is InChI=1S/C33H47N7O2S/c1-24(2)23-36-19-18-26-12-9-13-27(20-26)21-30(41)37-29(35)17-16-28(34)14-7-8-15-32-39-40-33(43-32)38-31(42-3)22-25-10-5-4-6-11-25/h4-6,9-13,16-17,20,24,31,36H,7-8,14-15,18-19,21-23,34-35H2,1-3H3,(H,37,41)(H,38,40)/b28-16-,29-17+. The van der Waals surface area contributed by atoms with Crippen molar-refractivity contribution in [3.63, 3.8) is 0 Å². The molecule has 3 aromatic rings. The Labute approximate surface area is 260 Å². The average molecular weight is 606 g/mol. The molecule has 1 unspecified atom stereocenters. The van der Waals surface area contributed by atoms with E-state index >= 15 is 0 Å². The number of unbranched alkanes of at least 4 members (excludes halogenated alkanes) is 1. The van der Waals surface area contributed by atoms with Crippen molar-refractivity contribution in [1.82, 2.24) is 20.8 Å². The summed E-state index contributed by atoms with van der Waals surface area (Å²) in [7, 11) is 1.69. The number of rotatable bonds is 19. The fourth-order valence-electron chi connectivity index (χ4n) is 4.41. The number of carbonyl (C=O) groups is 1. The van der Waals surface area contributed by atoms with Gasteiger partial charge in [0.1, 0.15) is 17.1 Å². The van der Waals surface area contributed by atoms with Gasteiger partial charge in [0.2, 0.25) is 11.0 Å². The van der Waals surface area contributed by atoms with E-state index in [4.69, 9.17) is 16.2 Å². The van der Waals surface area contributed by atoms with Crippen LogP contribution >= 0.6 is 11.3 Å². The van der Waals surface area contributed by atoms with E-state index in [0.717, 1.165) is 67.3 Å². The Kier molecular flexibility index (Phi) is 14.7. The van der Waals surface area contributed by atoms with Gasteiger partial charge in [-0.15, -0.1) is 10.2 Å². The van der Waals surface area contributed by atoms with Gasteiger partial charge in [-0.1, -0.05) is 79.8 Å². The van der Waals surface area contributed by atoms with Crippen molar-refractivity contribution in [2.75, 3.05) is 25.5 Å². The van der Waals surface area contributed by atoms with Gasteiger partial charge in [0.25, 0.3) is 0 Å². The highest BCUT2D eigenvalue weighted by molar-refractivity contribution is 7.15. The van der Waals surface area contributed by atoms with Gasteiger partial charge in [-0.05, 0) is 73.5 Å². The molecule has 7 N–H and O–H groups in total. The number of anilines is 1. The smallest absolute Gasteiger partial charge is 0.229 e. The third kappa shape index (κ3) is 13.9. The minimum atomic E-state index is -0.170. The van der Waals surface area contributed by atoms with Crippen LogP contribution in [-0.4, -0.2) is 42.5 Å². The average Bonchev–Trinajstić information content (AvgIpc) is 3.43. The van der Waals surface area contributed by atoms with Gasteiger partial charge in [-0.3, -0.25) is 4.79 Å². The Morgan fingerprint density at radius 3 is 2.51 bits per heavy atom. The number of amides is 1. The lowest BCUT2D eigenvalue weighted by Crippen LogP contribution is -2.28. The molecule has 0 spiro atoms. The minimum Gasteiger partial charge on any atom is -0.402 e. The molecule has 2 aromatic carbocycles. The Balaban J connectivity index is 1.34. The summed E-state index contributed by atoms with van der Waals surface area (Å²) in [6.07, 6.45) is 8.56. The van der Waals surface area contributed by atoms with Gasteiger partial charge >= 0.3 is 0 Å². The molecule has 9 nitrogen and oxygen atoms in total. The number of nitrogens with two attached hydrogens (primary N) is 2. The van der Waals surface area contributed by atoms with Gasteiger partial charge in [0.05, 0.1) is 6.42 Å². The summed E-state index contributed by atoms with van der Waals surface area (Å²) in [5, 5.41) is 19.8. The van der Waals surface area contributed by atoms with E-state index in [1.807, 2.05) is 30.3 Å². The molecule has 0 saturated heterocycles. The quantitative estimate of drug-likeness (QED) is 0.0755. The normalized spacial score (nSPS) is 12.8. The van der Waals surface area contributed by atoms with E-state index in [1.165, 1.54) is 11.1 Å². The number of carbonyl (C=O) groups excluding carboxylic acids is 1. The van der Waals surface area contributed by atoms with E-state index in [9.17, 15) is 4.79 Å². The maximum atomic E-state index is 12.5. The van der Waals surface area contributed by atoms with E-state index in [-0.39, 0.29) is 24.4 Å². The second-order valence-electron chi connectivity index (χ2n) is 11.0. The van der Waals surface area contributed by atoms with Crippen LogP contribution in [0.2, 0.25) is 0 Å². The number of nitrogens with one attached hydrogen (secondary N) is 3. The number of ether oxygens (including phenoxy) is 1. The summed E-state index contributed by atoms with van der Waals surface area (Å²) < 4.78 is 5.57. The summed E-state index contributed by atoms with van der Waals surface area (Å²) >= 11 is 1.54. The summed E-state index contributed by atoms with van der Waals surface area (Å²) in [4.78, 5) is 12.5. The van der Waals surface area contributed by atoms with Crippen molar-refractivity contribution in [3.8, 4) is 0 Å². The highest BCUT2D eigenvalue weighted by Gasteiger charge is 2.12. The molecule has 3 rings (SSSR count). The van der Waals surface area contributed by atoms with E-state index < -0.39 is 0 Å². The van der Waals surface area contributed by atoms with Crippen LogP contribution < -0.4 is 27.4 Å². The van der Waals surface area contributed by atoms with Gasteiger partial charge in [0, 0.05) is 25.6 Å². The fraction of sp³-hybridized carbons (Fsp3) is 0.424. The van der Waals surface area contributed by atoms with Gasteiger partial charge in [0.15, 0.2) is 0 Å². The number of allylic oxidation sites excluding steroid dienone is 3. The molecular formula is C33H47N7O2S. The third-order valence-corrected chi connectivity index (χ3v) is 7.58. The molecule has 1 heterocycles. The monoisotopic (exact) mass is 605 g/mol. The summed E-state index contributed by atoms with van der Waals surface area (Å²) in [5.74, 6) is 0.750. The number of benzene rings is 2. The zero-order valence-corrected chi connectivity index (χ0v) is 26.5. The first-order valence-electron chi connectivity index (χ1n) is 15.0. The first-order valence-corrected chi connectivity index (χ1v) is 15.8. The molecular weight excluding hydrogens is 558 g/mol. The van der Waals surface area contributed by atoms with Crippen LogP contribution in [0.15, 0.2) is 78.3 Å². The number of aromatic nitrogens is 2. The van der Waals surface area contributed by atoms with Crippen molar-refractivity contribution < 1.29 is 9.53 Å².